The lowest BCUT2D eigenvalue weighted by Crippen LogP contribution is -2.31. The molecule has 21 heavy (non-hydrogen) atoms. The summed E-state index contributed by atoms with van der Waals surface area (Å²) in [4.78, 5) is 2.35. The molecule has 1 aromatic rings. The fourth-order valence-corrected chi connectivity index (χ4v) is 2.94. The topological polar surface area (TPSA) is 24.5 Å². The Bertz CT molecular complexity index is 444. The lowest BCUT2D eigenvalue weighted by molar-refractivity contribution is 0.0685. The summed E-state index contributed by atoms with van der Waals surface area (Å²) in [6.45, 7) is 8.08. The zero-order valence-electron chi connectivity index (χ0n) is 13.4. The highest BCUT2D eigenvalue weighted by molar-refractivity contribution is 6.30. The second kappa shape index (κ2) is 8.02. The molecule has 0 bridgehead atoms. The van der Waals surface area contributed by atoms with Crippen LogP contribution in [0.25, 0.3) is 0 Å². The van der Waals surface area contributed by atoms with E-state index in [1.165, 1.54) is 11.3 Å². The molecule has 4 heteroatoms. The van der Waals surface area contributed by atoms with E-state index in [1.807, 2.05) is 6.07 Å². The molecule has 0 aromatic heterocycles. The number of nitrogens with zero attached hydrogens (tertiary/aromatic N) is 1. The molecular formula is C17H27ClN2O. The van der Waals surface area contributed by atoms with Gasteiger partial charge in [0.25, 0.3) is 0 Å². The molecule has 0 amide bonds. The van der Waals surface area contributed by atoms with Crippen LogP contribution in [0, 0.1) is 5.92 Å². The summed E-state index contributed by atoms with van der Waals surface area (Å²) in [5.41, 5.74) is 2.55. The first-order valence-electron chi connectivity index (χ1n) is 7.87. The smallest absolute Gasteiger partial charge is 0.0469 e. The van der Waals surface area contributed by atoms with Gasteiger partial charge in [0.1, 0.15) is 0 Å². The van der Waals surface area contributed by atoms with Crippen molar-refractivity contribution in [1.82, 2.24) is 5.32 Å². The molecule has 1 aromatic carbocycles. The van der Waals surface area contributed by atoms with Gasteiger partial charge in [-0.3, -0.25) is 0 Å². The Labute approximate surface area is 133 Å². The molecule has 0 spiro atoms. The molecule has 0 atom stereocenters. The van der Waals surface area contributed by atoms with E-state index in [1.54, 1.807) is 0 Å². The molecule has 1 saturated heterocycles. The van der Waals surface area contributed by atoms with Gasteiger partial charge in [-0.05, 0) is 36.5 Å². The van der Waals surface area contributed by atoms with Crippen molar-refractivity contribution in [2.75, 3.05) is 31.7 Å². The first-order chi connectivity index (χ1) is 10.1. The largest absolute Gasteiger partial charge is 0.381 e. The monoisotopic (exact) mass is 310 g/mol. The Morgan fingerprint density at radius 3 is 2.71 bits per heavy atom. The van der Waals surface area contributed by atoms with Gasteiger partial charge in [0.2, 0.25) is 0 Å². The van der Waals surface area contributed by atoms with Crippen LogP contribution in [0.5, 0.6) is 0 Å². The van der Waals surface area contributed by atoms with E-state index in [0.717, 1.165) is 44.2 Å². The minimum Gasteiger partial charge on any atom is -0.381 e. The second-order valence-electron chi connectivity index (χ2n) is 6.24. The molecule has 118 valence electrons. The summed E-state index contributed by atoms with van der Waals surface area (Å²) in [6, 6.07) is 6.67. The van der Waals surface area contributed by atoms with Crippen LogP contribution >= 0.6 is 11.6 Å². The molecule has 3 nitrogen and oxygen atoms in total. The zero-order valence-corrected chi connectivity index (χ0v) is 14.1. The SMILES string of the molecule is CC(C)NCc1ccc(Cl)cc1N(C)CC1CCOCC1. The molecule has 0 saturated carbocycles. The number of hydrogen-bond donors (Lipinski definition) is 1. The first kappa shape index (κ1) is 16.6. The van der Waals surface area contributed by atoms with Gasteiger partial charge in [-0.1, -0.05) is 31.5 Å². The van der Waals surface area contributed by atoms with Crippen molar-refractivity contribution in [1.29, 1.82) is 0 Å². The molecule has 0 aliphatic carbocycles. The fourth-order valence-electron chi connectivity index (χ4n) is 2.77. The molecular weight excluding hydrogens is 284 g/mol. The number of anilines is 1. The molecule has 1 N–H and O–H groups in total. The number of nitrogens with one attached hydrogen (secondary N) is 1. The molecule has 0 unspecified atom stereocenters. The van der Waals surface area contributed by atoms with E-state index < -0.39 is 0 Å². The Kier molecular flexibility index (Phi) is 6.34. The van der Waals surface area contributed by atoms with Crippen LogP contribution < -0.4 is 10.2 Å². The van der Waals surface area contributed by atoms with Gasteiger partial charge in [-0.25, -0.2) is 0 Å². The minimum atomic E-state index is 0.481. The maximum atomic E-state index is 6.20. The molecule has 1 fully saturated rings. The second-order valence-corrected chi connectivity index (χ2v) is 6.68. The normalized spacial score (nSPS) is 16.4. The quantitative estimate of drug-likeness (QED) is 0.867. The van der Waals surface area contributed by atoms with Crippen LogP contribution in [0.15, 0.2) is 18.2 Å². The van der Waals surface area contributed by atoms with Gasteiger partial charge in [0, 0.05) is 50.1 Å². The average molecular weight is 311 g/mol. The fraction of sp³-hybridized carbons (Fsp3) is 0.647. The summed E-state index contributed by atoms with van der Waals surface area (Å²) in [7, 11) is 2.17. The number of ether oxygens (including phenoxy) is 1. The average Bonchev–Trinajstić information content (AvgIpc) is 2.46. The van der Waals surface area contributed by atoms with E-state index in [-0.39, 0.29) is 0 Å². The third kappa shape index (κ3) is 5.17. The standard InChI is InChI=1S/C17H27ClN2O/c1-13(2)19-11-15-4-5-16(18)10-17(15)20(3)12-14-6-8-21-9-7-14/h4-5,10,13-14,19H,6-9,11-12H2,1-3H3. The summed E-state index contributed by atoms with van der Waals surface area (Å²) < 4.78 is 5.45. The van der Waals surface area contributed by atoms with Crippen molar-refractivity contribution in [2.45, 2.75) is 39.3 Å². The highest BCUT2D eigenvalue weighted by atomic mass is 35.5. The van der Waals surface area contributed by atoms with Crippen molar-refractivity contribution in [2.24, 2.45) is 5.92 Å². The van der Waals surface area contributed by atoms with Gasteiger partial charge < -0.3 is 15.0 Å². The molecule has 2 rings (SSSR count). The highest BCUT2D eigenvalue weighted by Crippen LogP contribution is 2.26. The van der Waals surface area contributed by atoms with Crippen LogP contribution in [-0.4, -0.2) is 32.8 Å². The summed E-state index contributed by atoms with van der Waals surface area (Å²) in [5.74, 6) is 0.716. The molecule has 1 aliphatic rings. The Hall–Kier alpha value is -0.770. The van der Waals surface area contributed by atoms with Crippen molar-refractivity contribution >= 4 is 17.3 Å². The van der Waals surface area contributed by atoms with Crippen LogP contribution in [0.1, 0.15) is 32.3 Å². The van der Waals surface area contributed by atoms with Crippen molar-refractivity contribution < 1.29 is 4.74 Å². The first-order valence-corrected chi connectivity index (χ1v) is 8.24. The third-order valence-corrected chi connectivity index (χ3v) is 4.27. The Morgan fingerprint density at radius 2 is 2.05 bits per heavy atom. The predicted molar refractivity (Wildman–Crippen MR) is 90.2 cm³/mol. The Morgan fingerprint density at radius 1 is 1.33 bits per heavy atom. The van der Waals surface area contributed by atoms with Crippen molar-refractivity contribution in [3.8, 4) is 0 Å². The van der Waals surface area contributed by atoms with Crippen LogP contribution in [0.4, 0.5) is 5.69 Å². The van der Waals surface area contributed by atoms with E-state index >= 15 is 0 Å². The Balaban J connectivity index is 2.06. The van der Waals surface area contributed by atoms with Crippen LogP contribution in [0.2, 0.25) is 5.02 Å². The molecule has 1 heterocycles. The maximum absolute atomic E-state index is 6.20. The maximum Gasteiger partial charge on any atom is 0.0469 e. The van der Waals surface area contributed by atoms with Crippen LogP contribution in [0.3, 0.4) is 0 Å². The lowest BCUT2D eigenvalue weighted by Gasteiger charge is -2.30. The van der Waals surface area contributed by atoms with E-state index in [2.05, 4.69) is 43.2 Å². The van der Waals surface area contributed by atoms with Crippen molar-refractivity contribution in [3.05, 3.63) is 28.8 Å². The van der Waals surface area contributed by atoms with Crippen LogP contribution in [-0.2, 0) is 11.3 Å². The van der Waals surface area contributed by atoms with Gasteiger partial charge in [0.15, 0.2) is 0 Å². The lowest BCUT2D eigenvalue weighted by atomic mass is 9.99. The molecule has 1 aliphatic heterocycles. The van der Waals surface area contributed by atoms with Crippen molar-refractivity contribution in [3.63, 3.8) is 0 Å². The van der Waals surface area contributed by atoms with Gasteiger partial charge in [-0.15, -0.1) is 0 Å². The zero-order chi connectivity index (χ0) is 15.2. The van der Waals surface area contributed by atoms with E-state index in [4.69, 9.17) is 16.3 Å². The summed E-state index contributed by atoms with van der Waals surface area (Å²) in [5, 5.41) is 4.29. The van der Waals surface area contributed by atoms with Gasteiger partial charge >= 0.3 is 0 Å². The predicted octanol–water partition coefficient (Wildman–Crippen LogP) is 3.70. The molecule has 0 radical (unpaired) electrons. The number of benzene rings is 1. The van der Waals surface area contributed by atoms with E-state index in [0.29, 0.717) is 12.0 Å². The highest BCUT2D eigenvalue weighted by Gasteiger charge is 2.17. The number of hydrogen-bond acceptors (Lipinski definition) is 3. The summed E-state index contributed by atoms with van der Waals surface area (Å²) >= 11 is 6.20. The number of rotatable bonds is 6. The number of halogens is 1. The minimum absolute atomic E-state index is 0.481. The van der Waals surface area contributed by atoms with Gasteiger partial charge in [-0.2, -0.15) is 0 Å². The third-order valence-electron chi connectivity index (χ3n) is 4.03. The van der Waals surface area contributed by atoms with Gasteiger partial charge in [0.05, 0.1) is 0 Å². The van der Waals surface area contributed by atoms with E-state index in [9.17, 15) is 0 Å². The summed E-state index contributed by atoms with van der Waals surface area (Å²) in [6.07, 6.45) is 2.31.